The van der Waals surface area contributed by atoms with Crippen LogP contribution in [-0.2, 0) is 13.6 Å². The Morgan fingerprint density at radius 1 is 1.50 bits per heavy atom. The van der Waals surface area contributed by atoms with Crippen molar-refractivity contribution in [3.63, 3.8) is 0 Å². The first-order chi connectivity index (χ1) is 9.63. The summed E-state index contributed by atoms with van der Waals surface area (Å²) in [5.74, 6) is 0.832. The van der Waals surface area contributed by atoms with Crippen LogP contribution in [0.3, 0.4) is 0 Å². The van der Waals surface area contributed by atoms with Crippen molar-refractivity contribution in [2.24, 2.45) is 7.05 Å². The predicted molar refractivity (Wildman–Crippen MR) is 71.2 cm³/mol. The lowest BCUT2D eigenvalue weighted by atomic mass is 10.3. The van der Waals surface area contributed by atoms with Gasteiger partial charge in [-0.1, -0.05) is 0 Å². The van der Waals surface area contributed by atoms with Gasteiger partial charge in [-0.25, -0.2) is 4.98 Å². The Labute approximate surface area is 113 Å². The fourth-order valence-corrected chi connectivity index (χ4v) is 1.83. The number of nitrogens with one attached hydrogen (secondary N) is 1. The first kappa shape index (κ1) is 12.2. The van der Waals surface area contributed by atoms with E-state index in [0.29, 0.717) is 23.7 Å². The second kappa shape index (κ2) is 4.65. The molecule has 0 spiro atoms. The van der Waals surface area contributed by atoms with Crippen molar-refractivity contribution in [3.8, 4) is 0 Å². The van der Waals surface area contributed by atoms with E-state index in [0.717, 1.165) is 5.82 Å². The van der Waals surface area contributed by atoms with E-state index in [-0.39, 0.29) is 5.69 Å². The number of imidazole rings is 1. The molecule has 0 unspecified atom stereocenters. The maximum absolute atomic E-state index is 10.7. The first-order valence-corrected chi connectivity index (χ1v) is 5.88. The molecular formula is C12H11N5O3. The van der Waals surface area contributed by atoms with Crippen molar-refractivity contribution in [1.82, 2.24) is 14.5 Å². The smallest absolute Gasteiger partial charge is 0.296 e. The number of anilines is 1. The number of hydrogen-bond acceptors (Lipinski definition) is 6. The lowest BCUT2D eigenvalue weighted by molar-refractivity contribution is -0.384. The van der Waals surface area contributed by atoms with E-state index in [9.17, 15) is 10.1 Å². The minimum absolute atomic E-state index is 0.0125. The highest BCUT2D eigenvalue weighted by atomic mass is 16.6. The first-order valence-electron chi connectivity index (χ1n) is 5.88. The van der Waals surface area contributed by atoms with Crippen molar-refractivity contribution in [2.45, 2.75) is 6.54 Å². The molecule has 0 bridgehead atoms. The molecule has 3 aromatic rings. The van der Waals surface area contributed by atoms with E-state index < -0.39 is 4.92 Å². The number of nitro benzene ring substituents is 1. The number of nitrogens with zero attached hydrogens (tertiary/aromatic N) is 4. The van der Waals surface area contributed by atoms with Crippen LogP contribution in [0.25, 0.3) is 11.1 Å². The van der Waals surface area contributed by atoms with Crippen LogP contribution >= 0.6 is 0 Å². The van der Waals surface area contributed by atoms with Gasteiger partial charge in [0.2, 0.25) is 0 Å². The Morgan fingerprint density at radius 2 is 2.35 bits per heavy atom. The van der Waals surface area contributed by atoms with Gasteiger partial charge in [0.15, 0.2) is 5.58 Å². The molecule has 0 amide bonds. The van der Waals surface area contributed by atoms with Crippen molar-refractivity contribution in [1.29, 1.82) is 0 Å². The van der Waals surface area contributed by atoms with Crippen LogP contribution in [0.4, 0.5) is 11.7 Å². The Bertz CT molecular complexity index is 776. The van der Waals surface area contributed by atoms with Gasteiger partial charge >= 0.3 is 0 Å². The van der Waals surface area contributed by atoms with Gasteiger partial charge in [0.05, 0.1) is 11.5 Å². The number of non-ortho nitro benzene ring substituents is 1. The summed E-state index contributed by atoms with van der Waals surface area (Å²) in [5, 5.41) is 13.7. The summed E-state index contributed by atoms with van der Waals surface area (Å²) in [4.78, 5) is 18.6. The molecule has 0 atom stereocenters. The van der Waals surface area contributed by atoms with Gasteiger partial charge in [-0.05, 0) is 6.07 Å². The summed E-state index contributed by atoms with van der Waals surface area (Å²) in [6.07, 6.45) is 3.54. The summed E-state index contributed by atoms with van der Waals surface area (Å²) in [5.41, 5.74) is 0.931. The third kappa shape index (κ3) is 2.18. The Kier molecular flexibility index (Phi) is 2.82. The summed E-state index contributed by atoms with van der Waals surface area (Å²) >= 11 is 0. The zero-order chi connectivity index (χ0) is 14.1. The third-order valence-corrected chi connectivity index (χ3v) is 2.90. The SMILES string of the molecule is Cn1ccnc1CNc1nc2cc([N+](=O)[O-])ccc2o1. The summed E-state index contributed by atoms with van der Waals surface area (Å²) in [6.45, 7) is 0.457. The van der Waals surface area contributed by atoms with Gasteiger partial charge < -0.3 is 14.3 Å². The third-order valence-electron chi connectivity index (χ3n) is 2.90. The molecule has 0 saturated carbocycles. The molecule has 1 N–H and O–H groups in total. The molecule has 0 saturated heterocycles. The summed E-state index contributed by atoms with van der Waals surface area (Å²) in [7, 11) is 1.89. The van der Waals surface area contributed by atoms with E-state index in [2.05, 4.69) is 15.3 Å². The van der Waals surface area contributed by atoms with Crippen LogP contribution in [0.5, 0.6) is 0 Å². The van der Waals surface area contributed by atoms with Crippen LogP contribution in [0.15, 0.2) is 35.0 Å². The maximum Gasteiger partial charge on any atom is 0.296 e. The number of aryl methyl sites for hydroxylation is 1. The van der Waals surface area contributed by atoms with Crippen LogP contribution in [0, 0.1) is 10.1 Å². The molecule has 0 aliphatic heterocycles. The van der Waals surface area contributed by atoms with Crippen molar-refractivity contribution >= 4 is 22.8 Å². The van der Waals surface area contributed by atoms with Crippen molar-refractivity contribution in [3.05, 3.63) is 46.5 Å². The van der Waals surface area contributed by atoms with Gasteiger partial charge in [0, 0.05) is 31.6 Å². The number of fused-ring (bicyclic) bond motifs is 1. The Morgan fingerprint density at radius 3 is 3.05 bits per heavy atom. The van der Waals surface area contributed by atoms with Gasteiger partial charge in [-0.2, -0.15) is 4.98 Å². The molecule has 20 heavy (non-hydrogen) atoms. The quantitative estimate of drug-likeness (QED) is 0.577. The fourth-order valence-electron chi connectivity index (χ4n) is 1.83. The van der Waals surface area contributed by atoms with E-state index in [1.165, 1.54) is 18.2 Å². The summed E-state index contributed by atoms with van der Waals surface area (Å²) in [6, 6.07) is 4.61. The van der Waals surface area contributed by atoms with Gasteiger partial charge in [0.25, 0.3) is 11.7 Å². The summed E-state index contributed by atoms with van der Waals surface area (Å²) < 4.78 is 7.33. The molecule has 0 fully saturated rings. The molecule has 8 heteroatoms. The van der Waals surface area contributed by atoms with E-state index >= 15 is 0 Å². The minimum atomic E-state index is -0.463. The van der Waals surface area contributed by atoms with Crippen LogP contribution in [-0.4, -0.2) is 19.5 Å². The molecule has 2 heterocycles. The minimum Gasteiger partial charge on any atom is -0.424 e. The molecular weight excluding hydrogens is 262 g/mol. The molecule has 0 aliphatic rings. The molecule has 3 rings (SSSR count). The number of hydrogen-bond donors (Lipinski definition) is 1. The van der Waals surface area contributed by atoms with E-state index in [1.54, 1.807) is 6.20 Å². The highest BCUT2D eigenvalue weighted by molar-refractivity contribution is 5.77. The average Bonchev–Trinajstić information content (AvgIpc) is 3.00. The topological polar surface area (TPSA) is 99.0 Å². The Balaban J connectivity index is 1.82. The second-order valence-corrected chi connectivity index (χ2v) is 4.24. The zero-order valence-corrected chi connectivity index (χ0v) is 10.6. The van der Waals surface area contributed by atoms with E-state index in [1.807, 2.05) is 17.8 Å². The van der Waals surface area contributed by atoms with Crippen molar-refractivity contribution in [2.75, 3.05) is 5.32 Å². The number of aromatic nitrogens is 3. The highest BCUT2D eigenvalue weighted by Crippen LogP contribution is 2.23. The second-order valence-electron chi connectivity index (χ2n) is 4.24. The maximum atomic E-state index is 10.7. The number of benzene rings is 1. The van der Waals surface area contributed by atoms with Crippen molar-refractivity contribution < 1.29 is 9.34 Å². The van der Waals surface area contributed by atoms with Gasteiger partial charge in [-0.15, -0.1) is 0 Å². The lowest BCUT2D eigenvalue weighted by Crippen LogP contribution is -2.05. The number of rotatable bonds is 4. The predicted octanol–water partition coefficient (Wildman–Crippen LogP) is 2.08. The fraction of sp³-hybridized carbons (Fsp3) is 0.167. The van der Waals surface area contributed by atoms with E-state index in [4.69, 9.17) is 4.42 Å². The largest absolute Gasteiger partial charge is 0.424 e. The van der Waals surface area contributed by atoms with Crippen LogP contribution in [0.2, 0.25) is 0 Å². The normalized spacial score (nSPS) is 10.8. The molecule has 1 aromatic carbocycles. The van der Waals surface area contributed by atoms with Gasteiger partial charge in [-0.3, -0.25) is 10.1 Å². The zero-order valence-electron chi connectivity index (χ0n) is 10.6. The number of nitro groups is 1. The average molecular weight is 273 g/mol. The highest BCUT2D eigenvalue weighted by Gasteiger charge is 2.11. The number of oxazole rings is 1. The van der Waals surface area contributed by atoms with Crippen LogP contribution < -0.4 is 5.32 Å². The lowest BCUT2D eigenvalue weighted by Gasteiger charge is -2.01. The monoisotopic (exact) mass is 273 g/mol. The van der Waals surface area contributed by atoms with Crippen LogP contribution in [0.1, 0.15) is 5.82 Å². The molecule has 8 nitrogen and oxygen atoms in total. The molecule has 102 valence electrons. The Hall–Kier alpha value is -2.90. The molecule has 2 aromatic heterocycles. The molecule has 0 aliphatic carbocycles. The van der Waals surface area contributed by atoms with Gasteiger partial charge in [0.1, 0.15) is 11.3 Å². The molecule has 0 radical (unpaired) electrons. The standard InChI is InChI=1S/C12H11N5O3/c1-16-5-4-13-11(16)7-14-12-15-9-6-8(17(18)19)2-3-10(9)20-12/h2-6H,7H2,1H3,(H,14,15).